The van der Waals surface area contributed by atoms with Crippen LogP contribution in [0.2, 0.25) is 0 Å². The summed E-state index contributed by atoms with van der Waals surface area (Å²) in [6, 6.07) is 8.94. The first-order chi connectivity index (χ1) is 9.27. The van der Waals surface area contributed by atoms with Crippen molar-refractivity contribution in [2.24, 2.45) is 0 Å². The van der Waals surface area contributed by atoms with Gasteiger partial charge in [-0.25, -0.2) is 0 Å². The minimum atomic E-state index is -4.47. The molecule has 0 saturated carbocycles. The zero-order chi connectivity index (χ0) is 14.9. The zero-order valence-corrected chi connectivity index (χ0v) is 13.4. The molecule has 0 N–H and O–H groups in total. The molecule has 106 valence electrons. The Kier molecular flexibility index (Phi) is 4.44. The Morgan fingerprint density at radius 2 is 1.45 bits per heavy atom. The molecule has 0 fully saturated rings. The van der Waals surface area contributed by atoms with Crippen molar-refractivity contribution in [3.63, 3.8) is 0 Å². The zero-order valence-electron chi connectivity index (χ0n) is 10.3. The van der Waals surface area contributed by atoms with Crippen LogP contribution in [0.5, 0.6) is 11.5 Å². The first-order valence-corrected chi connectivity index (χ1v) is 7.17. The molecular formula is C14H9Br2F3O. The first kappa shape index (κ1) is 15.4. The van der Waals surface area contributed by atoms with Crippen molar-refractivity contribution >= 4 is 31.9 Å². The van der Waals surface area contributed by atoms with Crippen LogP contribution in [0.4, 0.5) is 13.2 Å². The minimum absolute atomic E-state index is 0.217. The van der Waals surface area contributed by atoms with Gasteiger partial charge in [0.2, 0.25) is 0 Å². The van der Waals surface area contributed by atoms with Gasteiger partial charge in [0.15, 0.2) is 0 Å². The van der Waals surface area contributed by atoms with Crippen LogP contribution in [0.3, 0.4) is 0 Å². The first-order valence-electron chi connectivity index (χ1n) is 5.58. The van der Waals surface area contributed by atoms with E-state index in [1.165, 1.54) is 12.1 Å². The highest BCUT2D eigenvalue weighted by Gasteiger charge is 2.34. The lowest BCUT2D eigenvalue weighted by Gasteiger charge is -2.15. The van der Waals surface area contributed by atoms with Gasteiger partial charge >= 0.3 is 6.18 Å². The van der Waals surface area contributed by atoms with Crippen LogP contribution < -0.4 is 4.74 Å². The fourth-order valence-electron chi connectivity index (χ4n) is 1.66. The van der Waals surface area contributed by atoms with Crippen LogP contribution in [-0.2, 0) is 6.18 Å². The standard InChI is InChI=1S/C14H9Br2F3O/c1-8-6-9(15)2-4-12(8)20-13-5-3-10(16)7-11(13)14(17,18)19/h2-7H,1H3. The van der Waals surface area contributed by atoms with Crippen molar-refractivity contribution in [2.45, 2.75) is 13.1 Å². The predicted octanol–water partition coefficient (Wildman–Crippen LogP) is 6.33. The van der Waals surface area contributed by atoms with Gasteiger partial charge in [-0.05, 0) is 48.9 Å². The van der Waals surface area contributed by atoms with E-state index < -0.39 is 11.7 Å². The molecule has 0 aliphatic rings. The van der Waals surface area contributed by atoms with Crippen molar-refractivity contribution < 1.29 is 17.9 Å². The fraction of sp³-hybridized carbons (Fsp3) is 0.143. The fourth-order valence-corrected chi connectivity index (χ4v) is 2.50. The third kappa shape index (κ3) is 3.55. The maximum absolute atomic E-state index is 13.0. The molecule has 0 saturated heterocycles. The summed E-state index contributed by atoms with van der Waals surface area (Å²) in [7, 11) is 0. The maximum Gasteiger partial charge on any atom is 0.420 e. The lowest BCUT2D eigenvalue weighted by Crippen LogP contribution is -2.07. The minimum Gasteiger partial charge on any atom is -0.456 e. The van der Waals surface area contributed by atoms with Gasteiger partial charge < -0.3 is 4.74 Å². The van der Waals surface area contributed by atoms with E-state index in [9.17, 15) is 13.2 Å². The largest absolute Gasteiger partial charge is 0.456 e. The second-order valence-electron chi connectivity index (χ2n) is 4.15. The molecule has 1 nitrogen and oxygen atoms in total. The molecule has 0 aliphatic carbocycles. The van der Waals surface area contributed by atoms with E-state index in [1.807, 2.05) is 0 Å². The molecular weight excluding hydrogens is 401 g/mol. The van der Waals surface area contributed by atoms with Crippen molar-refractivity contribution in [1.29, 1.82) is 0 Å². The summed E-state index contributed by atoms with van der Waals surface area (Å²) in [5.74, 6) is 0.173. The van der Waals surface area contributed by atoms with E-state index in [1.54, 1.807) is 25.1 Å². The second-order valence-corrected chi connectivity index (χ2v) is 5.98. The molecule has 6 heteroatoms. The third-order valence-electron chi connectivity index (χ3n) is 2.60. The Hall–Kier alpha value is -1.01. The van der Waals surface area contributed by atoms with Gasteiger partial charge in [0.05, 0.1) is 5.56 Å². The van der Waals surface area contributed by atoms with Gasteiger partial charge in [0.1, 0.15) is 11.5 Å². The third-order valence-corrected chi connectivity index (χ3v) is 3.59. The van der Waals surface area contributed by atoms with E-state index in [4.69, 9.17) is 4.74 Å². The summed E-state index contributed by atoms with van der Waals surface area (Å²) in [5.41, 5.74) is -0.0652. The molecule has 0 atom stereocenters. The highest BCUT2D eigenvalue weighted by Crippen LogP contribution is 2.40. The number of benzene rings is 2. The van der Waals surface area contributed by atoms with Crippen LogP contribution in [0.1, 0.15) is 11.1 Å². The van der Waals surface area contributed by atoms with E-state index >= 15 is 0 Å². The number of halogens is 5. The van der Waals surface area contributed by atoms with Crippen LogP contribution in [0, 0.1) is 6.92 Å². The summed E-state index contributed by atoms with van der Waals surface area (Å²) in [5, 5.41) is 0. The summed E-state index contributed by atoms with van der Waals surface area (Å²) in [6.07, 6.45) is -4.47. The molecule has 0 aliphatic heterocycles. The van der Waals surface area contributed by atoms with E-state index in [-0.39, 0.29) is 5.75 Å². The average Bonchev–Trinajstić information content (AvgIpc) is 2.33. The topological polar surface area (TPSA) is 9.23 Å². The molecule has 2 aromatic carbocycles. The second kappa shape index (κ2) is 5.77. The number of alkyl halides is 3. The Labute approximate surface area is 131 Å². The molecule has 2 aromatic rings. The Balaban J connectivity index is 2.43. The summed E-state index contributed by atoms with van der Waals surface area (Å²) in [4.78, 5) is 0. The van der Waals surface area contributed by atoms with Gasteiger partial charge in [-0.2, -0.15) is 13.2 Å². The van der Waals surface area contributed by atoms with E-state index in [2.05, 4.69) is 31.9 Å². The van der Waals surface area contributed by atoms with Crippen LogP contribution in [0.25, 0.3) is 0 Å². The molecule has 0 radical (unpaired) electrons. The van der Waals surface area contributed by atoms with Crippen LogP contribution in [0.15, 0.2) is 45.3 Å². The number of ether oxygens (including phenoxy) is 1. The molecule has 0 spiro atoms. The lowest BCUT2D eigenvalue weighted by atomic mass is 10.2. The number of hydrogen-bond donors (Lipinski definition) is 0. The smallest absolute Gasteiger partial charge is 0.420 e. The van der Waals surface area contributed by atoms with E-state index in [0.29, 0.717) is 10.2 Å². The van der Waals surface area contributed by atoms with Gasteiger partial charge in [0.25, 0.3) is 0 Å². The molecule has 0 aromatic heterocycles. The molecule has 0 unspecified atom stereocenters. The summed E-state index contributed by atoms with van der Waals surface area (Å²) >= 11 is 6.33. The maximum atomic E-state index is 13.0. The van der Waals surface area contributed by atoms with Gasteiger partial charge in [0, 0.05) is 8.95 Å². The van der Waals surface area contributed by atoms with Gasteiger partial charge in [-0.3, -0.25) is 0 Å². The van der Waals surface area contributed by atoms with E-state index in [0.717, 1.165) is 16.1 Å². The van der Waals surface area contributed by atoms with Crippen LogP contribution in [-0.4, -0.2) is 0 Å². The normalized spacial score (nSPS) is 11.5. The van der Waals surface area contributed by atoms with Crippen molar-refractivity contribution in [1.82, 2.24) is 0 Å². The Morgan fingerprint density at radius 3 is 2.00 bits per heavy atom. The SMILES string of the molecule is Cc1cc(Br)ccc1Oc1ccc(Br)cc1C(F)(F)F. The number of rotatable bonds is 2. The molecule has 0 heterocycles. The highest BCUT2D eigenvalue weighted by molar-refractivity contribution is 9.10. The van der Waals surface area contributed by atoms with Gasteiger partial charge in [-0.1, -0.05) is 31.9 Å². The Bertz CT molecular complexity index is 639. The van der Waals surface area contributed by atoms with Gasteiger partial charge in [-0.15, -0.1) is 0 Å². The lowest BCUT2D eigenvalue weighted by molar-refractivity contribution is -0.138. The van der Waals surface area contributed by atoms with Crippen LogP contribution >= 0.6 is 31.9 Å². The number of hydrogen-bond acceptors (Lipinski definition) is 1. The average molecular weight is 410 g/mol. The summed E-state index contributed by atoms with van der Waals surface area (Å²) < 4.78 is 45.6. The monoisotopic (exact) mass is 408 g/mol. The van der Waals surface area contributed by atoms with Crippen molar-refractivity contribution in [3.8, 4) is 11.5 Å². The predicted molar refractivity (Wildman–Crippen MR) is 78.1 cm³/mol. The molecule has 2 rings (SSSR count). The quantitative estimate of drug-likeness (QED) is 0.563. The number of aryl methyl sites for hydroxylation is 1. The van der Waals surface area contributed by atoms with Crippen molar-refractivity contribution in [2.75, 3.05) is 0 Å². The summed E-state index contributed by atoms with van der Waals surface area (Å²) in [6.45, 7) is 1.77. The Morgan fingerprint density at radius 1 is 0.900 bits per heavy atom. The van der Waals surface area contributed by atoms with Crippen molar-refractivity contribution in [3.05, 3.63) is 56.5 Å². The molecule has 0 bridgehead atoms. The molecule has 0 amide bonds. The molecule has 20 heavy (non-hydrogen) atoms. The highest BCUT2D eigenvalue weighted by atomic mass is 79.9.